The van der Waals surface area contributed by atoms with Gasteiger partial charge in [0.25, 0.3) is 5.56 Å². The molecular weight excluding hydrogens is 453 g/mol. The summed E-state index contributed by atoms with van der Waals surface area (Å²) in [7, 11) is 0. The van der Waals surface area contributed by atoms with Crippen molar-refractivity contribution < 1.29 is 4.79 Å². The number of fused-ring (bicyclic) bond motifs is 1. The molecule has 2 aromatic heterocycles. The Hall–Kier alpha value is -2.67. The zero-order valence-corrected chi connectivity index (χ0v) is 19.2. The minimum absolute atomic E-state index is 0.263. The number of aryl methyl sites for hydroxylation is 1. The Morgan fingerprint density at radius 1 is 1.19 bits per heavy atom. The van der Waals surface area contributed by atoms with Gasteiger partial charge in [-0.25, -0.2) is 4.98 Å². The molecule has 0 aliphatic heterocycles. The zero-order chi connectivity index (χ0) is 22.1. The smallest absolute Gasteiger partial charge is 0.263 e. The van der Waals surface area contributed by atoms with Gasteiger partial charge in [-0.15, -0.1) is 11.3 Å². The van der Waals surface area contributed by atoms with Gasteiger partial charge in [0, 0.05) is 16.0 Å². The van der Waals surface area contributed by atoms with E-state index in [0.29, 0.717) is 25.9 Å². The van der Waals surface area contributed by atoms with Gasteiger partial charge in [-0.3, -0.25) is 14.2 Å². The van der Waals surface area contributed by atoms with Crippen LogP contribution in [0.25, 0.3) is 21.3 Å². The van der Waals surface area contributed by atoms with Crippen molar-refractivity contribution in [2.24, 2.45) is 0 Å². The van der Waals surface area contributed by atoms with E-state index in [0.717, 1.165) is 17.5 Å². The number of amides is 1. The molecule has 158 valence electrons. The van der Waals surface area contributed by atoms with Gasteiger partial charge in [-0.1, -0.05) is 54.4 Å². The summed E-state index contributed by atoms with van der Waals surface area (Å²) in [6.45, 7) is 3.74. The number of anilines is 1. The Morgan fingerprint density at radius 3 is 2.65 bits per heavy atom. The van der Waals surface area contributed by atoms with Crippen LogP contribution in [0.5, 0.6) is 0 Å². The lowest BCUT2D eigenvalue weighted by atomic mass is 10.0. The third kappa shape index (κ3) is 4.24. The van der Waals surface area contributed by atoms with Crippen molar-refractivity contribution in [3.63, 3.8) is 0 Å². The van der Waals surface area contributed by atoms with E-state index in [4.69, 9.17) is 23.2 Å². The number of aromatic nitrogens is 2. The third-order valence-electron chi connectivity index (χ3n) is 5.18. The molecule has 0 bridgehead atoms. The maximum atomic E-state index is 13.3. The monoisotopic (exact) mass is 471 g/mol. The van der Waals surface area contributed by atoms with Gasteiger partial charge in [0.1, 0.15) is 10.9 Å². The Morgan fingerprint density at radius 2 is 1.94 bits per heavy atom. The van der Waals surface area contributed by atoms with Crippen LogP contribution in [0.1, 0.15) is 25.5 Å². The van der Waals surface area contributed by atoms with E-state index in [-0.39, 0.29) is 5.56 Å². The molecule has 2 heterocycles. The largest absolute Gasteiger partial charge is 0.323 e. The van der Waals surface area contributed by atoms with E-state index in [1.54, 1.807) is 25.1 Å². The second kappa shape index (κ2) is 8.83. The highest BCUT2D eigenvalue weighted by Crippen LogP contribution is 2.31. The molecule has 0 spiro atoms. The average Bonchev–Trinajstić information content (AvgIpc) is 3.21. The highest BCUT2D eigenvalue weighted by atomic mass is 35.5. The van der Waals surface area contributed by atoms with Crippen LogP contribution in [-0.2, 0) is 11.2 Å². The number of nitrogens with zero attached hydrogens (tertiary/aromatic N) is 2. The van der Waals surface area contributed by atoms with E-state index in [9.17, 15) is 9.59 Å². The summed E-state index contributed by atoms with van der Waals surface area (Å²) in [5.41, 5.74) is 3.12. The standard InChI is InChI=1S/C23H19Cl2N3O2S/c1-3-14-4-6-15(7-5-14)17-11-31-22-20(17)23(30)28(12-26-22)13(2)21(29)27-19-10-16(24)8-9-18(19)25/h4-13H,3H2,1-2H3,(H,27,29). The maximum Gasteiger partial charge on any atom is 0.263 e. The summed E-state index contributed by atoms with van der Waals surface area (Å²) < 4.78 is 1.34. The summed E-state index contributed by atoms with van der Waals surface area (Å²) in [5.74, 6) is -0.392. The lowest BCUT2D eigenvalue weighted by Crippen LogP contribution is -2.31. The molecule has 8 heteroatoms. The van der Waals surface area contributed by atoms with E-state index in [1.807, 2.05) is 17.5 Å². The lowest BCUT2D eigenvalue weighted by molar-refractivity contribution is -0.118. The second-order valence-corrected chi connectivity index (χ2v) is 8.83. The van der Waals surface area contributed by atoms with E-state index in [1.165, 1.54) is 27.8 Å². The molecule has 0 fully saturated rings. The van der Waals surface area contributed by atoms with Gasteiger partial charge < -0.3 is 5.32 Å². The molecule has 1 atom stereocenters. The highest BCUT2D eigenvalue weighted by Gasteiger charge is 2.21. The van der Waals surface area contributed by atoms with Crippen LogP contribution in [0, 0.1) is 0 Å². The number of carbonyl (C=O) groups is 1. The van der Waals surface area contributed by atoms with E-state index >= 15 is 0 Å². The minimum Gasteiger partial charge on any atom is -0.323 e. The molecule has 5 nitrogen and oxygen atoms in total. The second-order valence-electron chi connectivity index (χ2n) is 7.13. The minimum atomic E-state index is -0.797. The molecule has 0 aliphatic rings. The normalized spacial score (nSPS) is 12.1. The number of hydrogen-bond acceptors (Lipinski definition) is 4. The first-order valence-electron chi connectivity index (χ1n) is 9.72. The summed E-state index contributed by atoms with van der Waals surface area (Å²) in [5, 5.41) is 5.99. The van der Waals surface area contributed by atoms with Crippen LogP contribution in [0.15, 0.2) is 59.0 Å². The fraction of sp³-hybridized carbons (Fsp3) is 0.174. The lowest BCUT2D eigenvalue weighted by Gasteiger charge is -2.16. The molecule has 1 unspecified atom stereocenters. The summed E-state index contributed by atoms with van der Waals surface area (Å²) in [4.78, 5) is 31.2. The van der Waals surface area contributed by atoms with Crippen LogP contribution in [0.4, 0.5) is 5.69 Å². The van der Waals surface area contributed by atoms with Crippen LogP contribution in [-0.4, -0.2) is 15.5 Å². The molecule has 1 amide bonds. The number of benzene rings is 2. The van der Waals surface area contributed by atoms with Crippen molar-refractivity contribution >= 4 is 56.3 Å². The summed E-state index contributed by atoms with van der Waals surface area (Å²) >= 11 is 13.5. The van der Waals surface area contributed by atoms with Crippen molar-refractivity contribution in [1.82, 2.24) is 9.55 Å². The predicted molar refractivity (Wildman–Crippen MR) is 128 cm³/mol. The van der Waals surface area contributed by atoms with Gasteiger partial charge >= 0.3 is 0 Å². The molecular formula is C23H19Cl2N3O2S. The topological polar surface area (TPSA) is 64.0 Å². The zero-order valence-electron chi connectivity index (χ0n) is 16.9. The predicted octanol–water partition coefficient (Wildman–Crippen LogP) is 6.19. The van der Waals surface area contributed by atoms with Gasteiger partial charge in [-0.2, -0.15) is 0 Å². The van der Waals surface area contributed by atoms with Gasteiger partial charge in [0.05, 0.1) is 22.4 Å². The van der Waals surface area contributed by atoms with Gasteiger partial charge in [-0.05, 0) is 42.7 Å². The van der Waals surface area contributed by atoms with E-state index in [2.05, 4.69) is 29.4 Å². The van der Waals surface area contributed by atoms with E-state index < -0.39 is 11.9 Å². The number of rotatable bonds is 5. The van der Waals surface area contributed by atoms with Crippen molar-refractivity contribution in [2.75, 3.05) is 5.32 Å². The van der Waals surface area contributed by atoms with Crippen molar-refractivity contribution in [2.45, 2.75) is 26.3 Å². The molecule has 4 aromatic rings. The molecule has 0 radical (unpaired) electrons. The quantitative estimate of drug-likeness (QED) is 0.377. The van der Waals surface area contributed by atoms with Crippen LogP contribution in [0.3, 0.4) is 0 Å². The highest BCUT2D eigenvalue weighted by molar-refractivity contribution is 7.17. The Balaban J connectivity index is 1.70. The molecule has 2 aromatic carbocycles. The van der Waals surface area contributed by atoms with Crippen LogP contribution >= 0.6 is 34.5 Å². The van der Waals surface area contributed by atoms with Crippen molar-refractivity contribution in [3.05, 3.63) is 80.1 Å². The Bertz CT molecular complexity index is 1330. The first-order valence-corrected chi connectivity index (χ1v) is 11.4. The van der Waals surface area contributed by atoms with Gasteiger partial charge in [0.2, 0.25) is 5.91 Å². The summed E-state index contributed by atoms with van der Waals surface area (Å²) in [6, 6.07) is 12.1. The first-order chi connectivity index (χ1) is 14.9. The molecule has 4 rings (SSSR count). The van der Waals surface area contributed by atoms with Gasteiger partial charge in [0.15, 0.2) is 0 Å². The number of hydrogen-bond donors (Lipinski definition) is 1. The fourth-order valence-corrected chi connectivity index (χ4v) is 4.55. The Labute approximate surface area is 193 Å². The van der Waals surface area contributed by atoms with Crippen LogP contribution < -0.4 is 10.9 Å². The molecule has 1 N–H and O–H groups in total. The number of halogens is 2. The number of thiophene rings is 1. The van der Waals surface area contributed by atoms with Crippen molar-refractivity contribution in [3.8, 4) is 11.1 Å². The van der Waals surface area contributed by atoms with Crippen LogP contribution in [0.2, 0.25) is 10.0 Å². The molecule has 31 heavy (non-hydrogen) atoms. The molecule has 0 saturated heterocycles. The average molecular weight is 472 g/mol. The first kappa shape index (κ1) is 21.6. The number of carbonyl (C=O) groups excluding carboxylic acids is 1. The molecule has 0 aliphatic carbocycles. The molecule has 0 saturated carbocycles. The summed E-state index contributed by atoms with van der Waals surface area (Å²) in [6.07, 6.45) is 2.36. The number of nitrogens with one attached hydrogen (secondary N) is 1. The maximum absolute atomic E-state index is 13.3. The van der Waals surface area contributed by atoms with Crippen molar-refractivity contribution in [1.29, 1.82) is 0 Å². The fourth-order valence-electron chi connectivity index (χ4n) is 3.31. The Kier molecular flexibility index (Phi) is 6.14. The third-order valence-corrected chi connectivity index (χ3v) is 6.63. The SMILES string of the molecule is CCc1ccc(-c2csc3ncn(C(C)C(=O)Nc4cc(Cl)ccc4Cl)c(=O)c23)cc1.